The third-order valence-corrected chi connectivity index (χ3v) is 4.59. The van der Waals surface area contributed by atoms with Crippen molar-refractivity contribution in [3.8, 4) is 0 Å². The Bertz CT molecular complexity index is 639. The maximum absolute atomic E-state index is 10.8. The van der Waals surface area contributed by atoms with E-state index in [9.17, 15) is 10.2 Å². The van der Waals surface area contributed by atoms with Gasteiger partial charge in [-0.25, -0.2) is 0 Å². The number of hydrogen-bond donors (Lipinski definition) is 2. The van der Waals surface area contributed by atoms with Crippen LogP contribution >= 0.6 is 0 Å². The molecule has 0 aliphatic carbocycles. The van der Waals surface area contributed by atoms with E-state index in [1.165, 1.54) is 0 Å². The largest absolute Gasteiger partial charge is 0.392 e. The highest BCUT2D eigenvalue weighted by Crippen LogP contribution is 2.35. The first-order valence-corrected chi connectivity index (χ1v) is 8.93. The molecule has 2 fully saturated rings. The Balaban J connectivity index is 1.83. The monoisotopic (exact) mass is 364 g/mol. The van der Waals surface area contributed by atoms with E-state index in [-0.39, 0.29) is 13.2 Å². The van der Waals surface area contributed by atoms with Gasteiger partial charge in [-0.1, -0.05) is 30.3 Å². The van der Waals surface area contributed by atoms with Crippen molar-refractivity contribution in [1.82, 2.24) is 0 Å². The highest BCUT2D eigenvalue weighted by Gasteiger charge is 2.49. The quantitative estimate of drug-likeness (QED) is 0.833. The molecule has 0 bridgehead atoms. The summed E-state index contributed by atoms with van der Waals surface area (Å²) in [6.45, 7) is 7.38. The van der Waals surface area contributed by atoms with Crippen molar-refractivity contribution in [3.05, 3.63) is 42.0 Å². The van der Waals surface area contributed by atoms with Crippen LogP contribution in [0.1, 0.15) is 33.3 Å². The molecular formula is C20H28O6. The molecule has 2 saturated heterocycles. The highest BCUT2D eigenvalue weighted by molar-refractivity contribution is 5.66. The van der Waals surface area contributed by atoms with Crippen LogP contribution in [0, 0.1) is 0 Å². The van der Waals surface area contributed by atoms with Crippen LogP contribution in [-0.4, -0.2) is 59.4 Å². The molecule has 0 spiro atoms. The van der Waals surface area contributed by atoms with E-state index in [1.807, 2.05) is 50.3 Å². The first-order valence-electron chi connectivity index (χ1n) is 8.93. The summed E-state index contributed by atoms with van der Waals surface area (Å²) < 4.78 is 23.3. The zero-order chi connectivity index (χ0) is 18.9. The molecule has 1 aromatic rings. The fourth-order valence-electron chi connectivity index (χ4n) is 3.40. The summed E-state index contributed by atoms with van der Waals surface area (Å²) in [7, 11) is 0. The van der Waals surface area contributed by atoms with Gasteiger partial charge in [0.15, 0.2) is 11.6 Å². The van der Waals surface area contributed by atoms with Gasteiger partial charge in [-0.05, 0) is 44.9 Å². The summed E-state index contributed by atoms with van der Waals surface area (Å²) in [5.41, 5.74) is 1.62. The summed E-state index contributed by atoms with van der Waals surface area (Å²) in [6.07, 6.45) is -0.750. The lowest BCUT2D eigenvalue weighted by Crippen LogP contribution is -2.44. The van der Waals surface area contributed by atoms with E-state index in [0.717, 1.165) is 11.1 Å². The number of hydrogen-bond acceptors (Lipinski definition) is 6. The maximum atomic E-state index is 10.8. The molecule has 0 unspecified atom stereocenters. The fourth-order valence-corrected chi connectivity index (χ4v) is 3.40. The average Bonchev–Trinajstić information content (AvgIpc) is 3.11. The van der Waals surface area contributed by atoms with Crippen molar-refractivity contribution in [3.63, 3.8) is 0 Å². The van der Waals surface area contributed by atoms with E-state index in [4.69, 9.17) is 18.9 Å². The van der Waals surface area contributed by atoms with Gasteiger partial charge in [0.2, 0.25) is 0 Å². The smallest absolute Gasteiger partial charge is 0.164 e. The van der Waals surface area contributed by atoms with Gasteiger partial charge in [0.25, 0.3) is 0 Å². The van der Waals surface area contributed by atoms with Gasteiger partial charge in [0.1, 0.15) is 24.4 Å². The van der Waals surface area contributed by atoms with Crippen molar-refractivity contribution in [2.75, 3.05) is 13.2 Å². The Morgan fingerprint density at radius 1 is 1.12 bits per heavy atom. The molecule has 2 aliphatic rings. The molecule has 2 aliphatic heterocycles. The van der Waals surface area contributed by atoms with Gasteiger partial charge in [0.05, 0.1) is 13.2 Å². The predicted octanol–water partition coefficient (Wildman–Crippen LogP) is 2.09. The topological polar surface area (TPSA) is 77.4 Å². The summed E-state index contributed by atoms with van der Waals surface area (Å²) in [6, 6.07) is 9.58. The van der Waals surface area contributed by atoms with Crippen LogP contribution in [0.2, 0.25) is 0 Å². The normalized spacial score (nSPS) is 31.9. The van der Waals surface area contributed by atoms with Crippen LogP contribution in [0.3, 0.4) is 0 Å². The van der Waals surface area contributed by atoms with Crippen LogP contribution in [0.25, 0.3) is 5.57 Å². The second-order valence-corrected chi connectivity index (χ2v) is 7.64. The van der Waals surface area contributed by atoms with Crippen LogP contribution in [0.4, 0.5) is 0 Å². The van der Waals surface area contributed by atoms with Crippen molar-refractivity contribution >= 4 is 5.57 Å². The van der Waals surface area contributed by atoms with Crippen molar-refractivity contribution in [2.45, 2.75) is 63.7 Å². The molecule has 0 aromatic heterocycles. The van der Waals surface area contributed by atoms with E-state index in [1.54, 1.807) is 13.8 Å². The van der Waals surface area contributed by atoms with Crippen LogP contribution in [0.5, 0.6) is 0 Å². The molecule has 6 nitrogen and oxygen atoms in total. The molecule has 1 aromatic carbocycles. The Hall–Kier alpha value is -1.28. The average molecular weight is 364 g/mol. The first kappa shape index (κ1) is 19.5. The minimum Gasteiger partial charge on any atom is -0.392 e. The molecule has 144 valence electrons. The molecule has 2 N–H and O–H groups in total. The molecule has 0 radical (unpaired) electrons. The van der Waals surface area contributed by atoms with Gasteiger partial charge in [-0.3, -0.25) is 0 Å². The van der Waals surface area contributed by atoms with Crippen LogP contribution in [-0.2, 0) is 18.9 Å². The van der Waals surface area contributed by atoms with Gasteiger partial charge < -0.3 is 29.2 Å². The van der Waals surface area contributed by atoms with Crippen molar-refractivity contribution in [1.29, 1.82) is 0 Å². The molecule has 3 rings (SSSR count). The summed E-state index contributed by atoms with van der Waals surface area (Å²) in [5.74, 6) is -1.58. The Morgan fingerprint density at radius 2 is 1.81 bits per heavy atom. The zero-order valence-electron chi connectivity index (χ0n) is 15.7. The standard InChI is InChI=1S/C20H28O6/c1-19(2)23-12-16(25-19)17(22)18-15(24-20(3,4)26-18)10-14(11-21)13-8-6-5-7-9-13/h5-10,15-18,21-22H,11-12H2,1-4H3/b14-10+/t15-,16+,17-,18-/m0/s1. The number of aliphatic hydroxyl groups excluding tert-OH is 2. The number of rotatable bonds is 5. The molecule has 2 heterocycles. The highest BCUT2D eigenvalue weighted by atomic mass is 16.8. The van der Waals surface area contributed by atoms with Crippen molar-refractivity contribution in [2.24, 2.45) is 0 Å². The lowest BCUT2D eigenvalue weighted by molar-refractivity contribution is -0.178. The van der Waals surface area contributed by atoms with E-state index in [0.29, 0.717) is 0 Å². The molecule has 6 heteroatoms. The number of aliphatic hydroxyl groups is 2. The third kappa shape index (κ3) is 4.34. The van der Waals surface area contributed by atoms with E-state index in [2.05, 4.69) is 0 Å². The fraction of sp³-hybridized carbons (Fsp3) is 0.600. The van der Waals surface area contributed by atoms with Gasteiger partial charge in [0, 0.05) is 0 Å². The lowest BCUT2D eigenvalue weighted by atomic mass is 9.98. The molecular weight excluding hydrogens is 336 g/mol. The van der Waals surface area contributed by atoms with E-state index < -0.39 is 36.0 Å². The van der Waals surface area contributed by atoms with Gasteiger partial charge >= 0.3 is 0 Å². The minimum atomic E-state index is -0.921. The first-order chi connectivity index (χ1) is 12.2. The van der Waals surface area contributed by atoms with Crippen molar-refractivity contribution < 1.29 is 29.2 Å². The van der Waals surface area contributed by atoms with Gasteiger partial charge in [-0.15, -0.1) is 0 Å². The predicted molar refractivity (Wildman–Crippen MR) is 96.2 cm³/mol. The second-order valence-electron chi connectivity index (χ2n) is 7.64. The van der Waals surface area contributed by atoms with Gasteiger partial charge in [-0.2, -0.15) is 0 Å². The van der Waals surface area contributed by atoms with Crippen LogP contribution < -0.4 is 0 Å². The Kier molecular flexibility index (Phi) is 5.53. The molecule has 4 atom stereocenters. The summed E-state index contributed by atoms with van der Waals surface area (Å²) >= 11 is 0. The SMILES string of the molecule is CC1(C)O[C@H]([C@@H](O)[C@H]2COC(C)(C)O2)[C@H](/C=C(\CO)c2ccccc2)O1. The molecule has 0 amide bonds. The number of benzene rings is 1. The summed E-state index contributed by atoms with van der Waals surface area (Å²) in [5, 5.41) is 20.6. The minimum absolute atomic E-state index is 0.136. The third-order valence-electron chi connectivity index (χ3n) is 4.59. The summed E-state index contributed by atoms with van der Waals surface area (Å²) in [4.78, 5) is 0. The molecule has 0 saturated carbocycles. The zero-order valence-corrected chi connectivity index (χ0v) is 15.7. The lowest BCUT2D eigenvalue weighted by Gasteiger charge is -2.26. The second kappa shape index (κ2) is 7.38. The maximum Gasteiger partial charge on any atom is 0.164 e. The Labute approximate surface area is 154 Å². The van der Waals surface area contributed by atoms with Crippen LogP contribution in [0.15, 0.2) is 36.4 Å². The molecule has 26 heavy (non-hydrogen) atoms. The Morgan fingerprint density at radius 3 is 2.38 bits per heavy atom. The number of ether oxygens (including phenoxy) is 4. The van der Waals surface area contributed by atoms with E-state index >= 15 is 0 Å².